The molecule has 0 aromatic carbocycles. The van der Waals surface area contributed by atoms with Crippen molar-refractivity contribution >= 4 is 16.9 Å². The topological polar surface area (TPSA) is 69.4 Å². The molecule has 0 saturated heterocycles. The lowest BCUT2D eigenvalue weighted by Crippen LogP contribution is -2.07. The van der Waals surface area contributed by atoms with Crippen molar-refractivity contribution in [1.29, 1.82) is 0 Å². The Morgan fingerprint density at radius 3 is 2.88 bits per heavy atom. The number of ether oxygens (including phenoxy) is 1. The minimum absolute atomic E-state index is 0.0461. The number of carbonyl (C=O) groups is 1. The van der Waals surface area contributed by atoms with Crippen molar-refractivity contribution in [3.05, 3.63) is 34.7 Å². The summed E-state index contributed by atoms with van der Waals surface area (Å²) in [5.74, 6) is 0.161. The summed E-state index contributed by atoms with van der Waals surface area (Å²) in [7, 11) is 0. The number of ketones is 1. The van der Waals surface area contributed by atoms with Crippen LogP contribution < -0.4 is 10.4 Å². The van der Waals surface area contributed by atoms with Gasteiger partial charge in [0.25, 0.3) is 0 Å². The third kappa shape index (κ3) is 2.25. The first-order valence-electron chi connectivity index (χ1n) is 4.68. The number of hydrogen-bond donors (Lipinski definition) is 0. The molecule has 2 rings (SSSR count). The Bertz CT molecular complexity index is 588. The van der Waals surface area contributed by atoms with Crippen LogP contribution in [0.3, 0.4) is 0 Å². The number of carbonyl (C=O) groups excluding carboxylic acids is 1. The number of rotatable bonds is 3. The van der Waals surface area contributed by atoms with Crippen LogP contribution in [0.4, 0.5) is 0 Å². The van der Waals surface area contributed by atoms with Crippen LogP contribution in [0.2, 0.25) is 0 Å². The van der Waals surface area contributed by atoms with E-state index in [0.29, 0.717) is 5.39 Å². The fourth-order valence-corrected chi connectivity index (χ4v) is 1.19. The fourth-order valence-electron chi connectivity index (χ4n) is 1.19. The quantitative estimate of drug-likeness (QED) is 0.774. The molecule has 0 spiro atoms. The number of nitrogens with zero attached hydrogens (tertiary/aromatic N) is 1. The van der Waals surface area contributed by atoms with E-state index in [0.717, 1.165) is 0 Å². The van der Waals surface area contributed by atoms with E-state index in [9.17, 15) is 9.59 Å². The molecule has 0 bridgehead atoms. The summed E-state index contributed by atoms with van der Waals surface area (Å²) in [5.41, 5.74) is -0.266. The summed E-state index contributed by atoms with van der Waals surface area (Å²) in [4.78, 5) is 25.6. The van der Waals surface area contributed by atoms with Gasteiger partial charge in [0.1, 0.15) is 6.61 Å². The Labute approximate surface area is 90.7 Å². The molecule has 5 nitrogen and oxygen atoms in total. The van der Waals surface area contributed by atoms with Crippen LogP contribution in [-0.2, 0) is 4.79 Å². The summed E-state index contributed by atoms with van der Waals surface area (Å²) < 4.78 is 9.97. The summed E-state index contributed by atoms with van der Waals surface area (Å²) in [6.45, 7) is 1.37. The maximum Gasteiger partial charge on any atom is 0.337 e. The van der Waals surface area contributed by atoms with E-state index in [2.05, 4.69) is 4.98 Å². The van der Waals surface area contributed by atoms with Crippen LogP contribution in [0.15, 0.2) is 33.5 Å². The SMILES string of the molecule is CC(=O)COc1ccc2ccc(=O)oc2n1. The lowest BCUT2D eigenvalue weighted by atomic mass is 10.3. The molecule has 0 saturated carbocycles. The van der Waals surface area contributed by atoms with Crippen molar-refractivity contribution in [3.63, 3.8) is 0 Å². The standard InChI is InChI=1S/C11H9NO4/c1-7(13)6-15-9-4-2-8-3-5-10(14)16-11(8)12-9/h2-5H,6H2,1H3. The van der Waals surface area contributed by atoms with Crippen LogP contribution in [-0.4, -0.2) is 17.4 Å². The second-order valence-corrected chi connectivity index (χ2v) is 3.29. The predicted molar refractivity (Wildman–Crippen MR) is 56.5 cm³/mol. The number of pyridine rings is 1. The number of aromatic nitrogens is 1. The van der Waals surface area contributed by atoms with Crippen molar-refractivity contribution in [2.24, 2.45) is 0 Å². The van der Waals surface area contributed by atoms with Crippen molar-refractivity contribution in [2.75, 3.05) is 6.61 Å². The summed E-state index contributed by atoms with van der Waals surface area (Å²) in [5, 5.41) is 0.703. The van der Waals surface area contributed by atoms with E-state index in [-0.39, 0.29) is 24.0 Å². The van der Waals surface area contributed by atoms with Gasteiger partial charge in [-0.1, -0.05) is 0 Å². The van der Waals surface area contributed by atoms with Crippen LogP contribution >= 0.6 is 0 Å². The molecule has 0 aliphatic carbocycles. The van der Waals surface area contributed by atoms with Gasteiger partial charge in [-0.15, -0.1) is 0 Å². The molecule has 0 N–H and O–H groups in total. The molecule has 16 heavy (non-hydrogen) atoms. The number of hydrogen-bond acceptors (Lipinski definition) is 5. The van der Waals surface area contributed by atoms with Gasteiger partial charge in [-0.25, -0.2) is 4.79 Å². The normalized spacial score (nSPS) is 10.3. The Morgan fingerprint density at radius 2 is 2.12 bits per heavy atom. The third-order valence-electron chi connectivity index (χ3n) is 1.88. The summed E-state index contributed by atoms with van der Waals surface area (Å²) in [6, 6.07) is 6.26. The first-order valence-corrected chi connectivity index (χ1v) is 4.68. The molecule has 0 amide bonds. The largest absolute Gasteiger partial charge is 0.470 e. The molecule has 2 heterocycles. The number of fused-ring (bicyclic) bond motifs is 1. The Hall–Kier alpha value is -2.17. The van der Waals surface area contributed by atoms with E-state index in [1.165, 1.54) is 13.0 Å². The molecule has 0 aliphatic rings. The van der Waals surface area contributed by atoms with Crippen LogP contribution in [0.1, 0.15) is 6.92 Å². The van der Waals surface area contributed by atoms with E-state index < -0.39 is 5.63 Å². The van der Waals surface area contributed by atoms with Crippen LogP contribution in [0.25, 0.3) is 11.1 Å². The highest BCUT2D eigenvalue weighted by molar-refractivity contribution is 5.77. The minimum Gasteiger partial charge on any atom is -0.470 e. The molecular formula is C11H9NO4. The molecular weight excluding hydrogens is 210 g/mol. The van der Waals surface area contributed by atoms with Gasteiger partial charge >= 0.3 is 5.63 Å². The highest BCUT2D eigenvalue weighted by Crippen LogP contribution is 2.14. The average molecular weight is 219 g/mol. The first-order chi connectivity index (χ1) is 7.65. The van der Waals surface area contributed by atoms with Gasteiger partial charge in [0, 0.05) is 17.5 Å². The van der Waals surface area contributed by atoms with Crippen molar-refractivity contribution in [3.8, 4) is 5.88 Å². The van der Waals surface area contributed by atoms with Crippen molar-refractivity contribution in [2.45, 2.75) is 6.92 Å². The Balaban J connectivity index is 2.35. The smallest absolute Gasteiger partial charge is 0.337 e. The Kier molecular flexibility index (Phi) is 2.68. The second-order valence-electron chi connectivity index (χ2n) is 3.29. The van der Waals surface area contributed by atoms with E-state index >= 15 is 0 Å². The predicted octanol–water partition coefficient (Wildman–Crippen LogP) is 1.16. The molecule has 0 radical (unpaired) electrons. The van der Waals surface area contributed by atoms with Crippen LogP contribution in [0.5, 0.6) is 5.88 Å². The second kappa shape index (κ2) is 4.14. The van der Waals surface area contributed by atoms with Gasteiger partial charge in [-0.3, -0.25) is 4.79 Å². The minimum atomic E-state index is -0.469. The number of Topliss-reactive ketones (excluding diaryl/α,β-unsaturated/α-hetero) is 1. The van der Waals surface area contributed by atoms with Gasteiger partial charge in [0.2, 0.25) is 11.6 Å². The van der Waals surface area contributed by atoms with Crippen molar-refractivity contribution in [1.82, 2.24) is 4.98 Å². The average Bonchev–Trinajstić information content (AvgIpc) is 2.25. The van der Waals surface area contributed by atoms with Crippen LogP contribution in [0, 0.1) is 0 Å². The first kappa shape index (κ1) is 10.4. The highest BCUT2D eigenvalue weighted by Gasteiger charge is 2.02. The zero-order chi connectivity index (χ0) is 11.5. The third-order valence-corrected chi connectivity index (χ3v) is 1.88. The maximum atomic E-state index is 11.0. The molecule has 2 aromatic rings. The van der Waals surface area contributed by atoms with Gasteiger partial charge < -0.3 is 9.15 Å². The molecule has 0 aliphatic heterocycles. The van der Waals surface area contributed by atoms with E-state index in [4.69, 9.17) is 9.15 Å². The molecule has 0 unspecified atom stereocenters. The van der Waals surface area contributed by atoms with Gasteiger partial charge in [-0.05, 0) is 19.1 Å². The monoisotopic (exact) mass is 219 g/mol. The highest BCUT2D eigenvalue weighted by atomic mass is 16.5. The fraction of sp³-hybridized carbons (Fsp3) is 0.182. The maximum absolute atomic E-state index is 11.0. The zero-order valence-corrected chi connectivity index (χ0v) is 8.60. The van der Waals surface area contributed by atoms with Gasteiger partial charge in [0.05, 0.1) is 0 Å². The van der Waals surface area contributed by atoms with E-state index in [1.807, 2.05) is 0 Å². The van der Waals surface area contributed by atoms with Gasteiger partial charge in [-0.2, -0.15) is 4.98 Å². The van der Waals surface area contributed by atoms with Gasteiger partial charge in [0.15, 0.2) is 5.78 Å². The van der Waals surface area contributed by atoms with Crippen molar-refractivity contribution < 1.29 is 13.9 Å². The molecule has 82 valence electrons. The summed E-state index contributed by atoms with van der Waals surface area (Å²) >= 11 is 0. The Morgan fingerprint density at radius 1 is 1.38 bits per heavy atom. The molecule has 5 heteroatoms. The molecule has 0 atom stereocenters. The lowest BCUT2D eigenvalue weighted by Gasteiger charge is -2.02. The molecule has 2 aromatic heterocycles. The van der Waals surface area contributed by atoms with E-state index in [1.54, 1.807) is 18.2 Å². The zero-order valence-electron chi connectivity index (χ0n) is 8.60. The summed E-state index contributed by atoms with van der Waals surface area (Å²) in [6.07, 6.45) is 0. The lowest BCUT2D eigenvalue weighted by molar-refractivity contribution is -0.119. The molecule has 0 fully saturated rings.